The molecule has 0 aromatic rings. The van der Waals surface area contributed by atoms with Crippen LogP contribution in [-0.4, -0.2) is 6.10 Å². The summed E-state index contributed by atoms with van der Waals surface area (Å²) in [6.07, 6.45) is 0.263. The topological polar surface area (TPSA) is 9.23 Å². The maximum atomic E-state index is 5.60. The Balaban J connectivity index is 3.07. The van der Waals surface area contributed by atoms with Crippen molar-refractivity contribution in [2.45, 2.75) is 40.7 Å². The molecule has 0 aromatic heterocycles. The molecule has 0 radical (unpaired) electrons. The van der Waals surface area contributed by atoms with Gasteiger partial charge in [-0.3, -0.25) is 0 Å². The van der Waals surface area contributed by atoms with Gasteiger partial charge in [0.25, 0.3) is 0 Å². The molecule has 0 aromatic carbocycles. The Hall–Kier alpha value is -0.720. The molecule has 1 aliphatic heterocycles. The van der Waals surface area contributed by atoms with Crippen LogP contribution in [0.3, 0.4) is 0 Å². The quantitative estimate of drug-likeness (QED) is 0.518. The van der Waals surface area contributed by atoms with Gasteiger partial charge in [0, 0.05) is 0 Å². The number of hydrogen-bond donors (Lipinski definition) is 0. The van der Waals surface area contributed by atoms with Crippen LogP contribution < -0.4 is 0 Å². The number of ether oxygens (including phenoxy) is 1. The zero-order chi connectivity index (χ0) is 8.59. The first-order valence-electron chi connectivity index (χ1n) is 4.06. The first-order valence-corrected chi connectivity index (χ1v) is 4.06. The second-order valence-corrected chi connectivity index (χ2v) is 3.25. The van der Waals surface area contributed by atoms with Crippen LogP contribution in [0.25, 0.3) is 0 Å². The standard InChI is InChI=1S/C10H16O/c1-6-7(2)9(4)11-10(5)8(6)3/h9H,1-5H3. The van der Waals surface area contributed by atoms with Gasteiger partial charge in [-0.15, -0.1) is 0 Å². The molecule has 0 N–H and O–H groups in total. The van der Waals surface area contributed by atoms with Crippen molar-refractivity contribution in [2.75, 3.05) is 0 Å². The summed E-state index contributed by atoms with van der Waals surface area (Å²) in [5.74, 6) is 1.07. The van der Waals surface area contributed by atoms with E-state index in [1.165, 1.54) is 16.7 Å². The van der Waals surface area contributed by atoms with Crippen LogP contribution in [0, 0.1) is 0 Å². The van der Waals surface area contributed by atoms with Gasteiger partial charge in [0.15, 0.2) is 0 Å². The van der Waals surface area contributed by atoms with Gasteiger partial charge in [-0.25, -0.2) is 0 Å². The van der Waals surface area contributed by atoms with Crippen LogP contribution in [0.2, 0.25) is 0 Å². The first kappa shape index (κ1) is 8.38. The Labute approximate surface area is 68.8 Å². The van der Waals surface area contributed by atoms with E-state index >= 15 is 0 Å². The summed E-state index contributed by atoms with van der Waals surface area (Å²) in [6.45, 7) is 10.5. The summed E-state index contributed by atoms with van der Waals surface area (Å²) in [7, 11) is 0. The Morgan fingerprint density at radius 1 is 1.00 bits per heavy atom. The van der Waals surface area contributed by atoms with Gasteiger partial charge in [-0.1, -0.05) is 0 Å². The van der Waals surface area contributed by atoms with Crippen molar-refractivity contribution in [3.05, 3.63) is 22.5 Å². The third-order valence-electron chi connectivity index (χ3n) is 2.65. The van der Waals surface area contributed by atoms with E-state index in [0.717, 1.165) is 5.76 Å². The highest BCUT2D eigenvalue weighted by Gasteiger charge is 2.17. The van der Waals surface area contributed by atoms with Crippen LogP contribution in [0.1, 0.15) is 34.6 Å². The Kier molecular flexibility index (Phi) is 2.08. The summed E-state index contributed by atoms with van der Waals surface area (Å²) in [5, 5.41) is 0. The summed E-state index contributed by atoms with van der Waals surface area (Å²) in [4.78, 5) is 0. The molecule has 62 valence electrons. The molecule has 1 aliphatic rings. The fraction of sp³-hybridized carbons (Fsp3) is 0.600. The lowest BCUT2D eigenvalue weighted by molar-refractivity contribution is 0.153. The van der Waals surface area contributed by atoms with E-state index in [9.17, 15) is 0 Å². The minimum atomic E-state index is 0.263. The summed E-state index contributed by atoms with van der Waals surface area (Å²) in [5.41, 5.74) is 4.04. The molecule has 0 saturated carbocycles. The van der Waals surface area contributed by atoms with Crippen molar-refractivity contribution in [3.63, 3.8) is 0 Å². The molecular weight excluding hydrogens is 136 g/mol. The lowest BCUT2D eigenvalue weighted by Crippen LogP contribution is -2.16. The molecular formula is C10H16O. The van der Waals surface area contributed by atoms with Gasteiger partial charge in [-0.2, -0.15) is 0 Å². The van der Waals surface area contributed by atoms with Crippen molar-refractivity contribution in [1.82, 2.24) is 0 Å². The van der Waals surface area contributed by atoms with E-state index in [0.29, 0.717) is 0 Å². The highest BCUT2D eigenvalue weighted by Crippen LogP contribution is 2.27. The summed E-state index contributed by atoms with van der Waals surface area (Å²) < 4.78 is 5.60. The molecule has 1 atom stereocenters. The zero-order valence-electron chi connectivity index (χ0n) is 7.99. The molecule has 1 heteroatoms. The average molecular weight is 152 g/mol. The molecule has 0 bridgehead atoms. The Morgan fingerprint density at radius 3 is 2.09 bits per heavy atom. The van der Waals surface area contributed by atoms with Gasteiger partial charge in [-0.05, 0) is 51.3 Å². The third kappa shape index (κ3) is 1.32. The van der Waals surface area contributed by atoms with E-state index < -0.39 is 0 Å². The van der Waals surface area contributed by atoms with Crippen LogP contribution in [0.4, 0.5) is 0 Å². The SMILES string of the molecule is CC1=C(C)C(C)=C(C)C(C)O1. The molecule has 1 nitrogen and oxygen atoms in total. The number of hydrogen-bond acceptors (Lipinski definition) is 1. The van der Waals surface area contributed by atoms with E-state index in [-0.39, 0.29) is 6.10 Å². The Morgan fingerprint density at radius 2 is 1.55 bits per heavy atom. The van der Waals surface area contributed by atoms with Crippen LogP contribution in [0.5, 0.6) is 0 Å². The van der Waals surface area contributed by atoms with Crippen molar-refractivity contribution in [1.29, 1.82) is 0 Å². The molecule has 1 heterocycles. The van der Waals surface area contributed by atoms with Gasteiger partial charge in [0.05, 0.1) is 5.76 Å². The number of allylic oxidation sites excluding steroid dienone is 3. The van der Waals surface area contributed by atoms with Crippen molar-refractivity contribution >= 4 is 0 Å². The maximum absolute atomic E-state index is 5.60. The minimum Gasteiger partial charge on any atom is -0.491 e. The highest BCUT2D eigenvalue weighted by molar-refractivity contribution is 5.37. The van der Waals surface area contributed by atoms with Crippen LogP contribution in [-0.2, 0) is 4.74 Å². The lowest BCUT2D eigenvalue weighted by atomic mass is 9.97. The molecule has 1 rings (SSSR count). The van der Waals surface area contributed by atoms with E-state index in [1.807, 2.05) is 6.92 Å². The molecule has 0 amide bonds. The van der Waals surface area contributed by atoms with Gasteiger partial charge >= 0.3 is 0 Å². The molecule has 11 heavy (non-hydrogen) atoms. The predicted octanol–water partition coefficient (Wildman–Crippen LogP) is 3.04. The second kappa shape index (κ2) is 2.72. The molecule has 0 fully saturated rings. The Bertz CT molecular complexity index is 233. The maximum Gasteiger partial charge on any atom is 0.117 e. The predicted molar refractivity (Wildman–Crippen MR) is 47.3 cm³/mol. The zero-order valence-corrected chi connectivity index (χ0v) is 7.99. The van der Waals surface area contributed by atoms with E-state index in [4.69, 9.17) is 4.74 Å². The smallest absolute Gasteiger partial charge is 0.117 e. The third-order valence-corrected chi connectivity index (χ3v) is 2.65. The minimum absolute atomic E-state index is 0.263. The van der Waals surface area contributed by atoms with Crippen LogP contribution >= 0.6 is 0 Å². The van der Waals surface area contributed by atoms with Gasteiger partial charge in [0.1, 0.15) is 6.10 Å². The first-order chi connectivity index (χ1) is 5.04. The van der Waals surface area contributed by atoms with E-state index in [1.54, 1.807) is 0 Å². The average Bonchev–Trinajstić information content (AvgIpc) is 1.97. The van der Waals surface area contributed by atoms with Crippen LogP contribution in [0.15, 0.2) is 22.5 Å². The molecule has 0 spiro atoms. The normalized spacial score (nSPS) is 25.7. The second-order valence-electron chi connectivity index (χ2n) is 3.25. The highest BCUT2D eigenvalue weighted by atomic mass is 16.5. The molecule has 0 aliphatic carbocycles. The number of rotatable bonds is 0. The summed E-state index contributed by atoms with van der Waals surface area (Å²) in [6, 6.07) is 0. The monoisotopic (exact) mass is 152 g/mol. The fourth-order valence-corrected chi connectivity index (χ4v) is 1.31. The molecule has 1 unspecified atom stereocenters. The van der Waals surface area contributed by atoms with Gasteiger partial charge in [0.2, 0.25) is 0 Å². The van der Waals surface area contributed by atoms with Crippen molar-refractivity contribution in [2.24, 2.45) is 0 Å². The van der Waals surface area contributed by atoms with Gasteiger partial charge < -0.3 is 4.74 Å². The van der Waals surface area contributed by atoms with Crippen molar-refractivity contribution in [3.8, 4) is 0 Å². The van der Waals surface area contributed by atoms with E-state index in [2.05, 4.69) is 27.7 Å². The lowest BCUT2D eigenvalue weighted by Gasteiger charge is -2.25. The fourth-order valence-electron chi connectivity index (χ4n) is 1.31. The molecule has 0 saturated heterocycles. The van der Waals surface area contributed by atoms with Crippen molar-refractivity contribution < 1.29 is 4.74 Å². The largest absolute Gasteiger partial charge is 0.491 e. The summed E-state index contributed by atoms with van der Waals surface area (Å²) >= 11 is 0.